The van der Waals surface area contributed by atoms with Crippen LogP contribution in [-0.2, 0) is 42.7 Å². The second-order valence-electron chi connectivity index (χ2n) is 16.8. The zero-order valence-electron chi connectivity index (χ0n) is 41.1. The van der Waals surface area contributed by atoms with Crippen molar-refractivity contribution in [3.05, 3.63) is 154 Å². The van der Waals surface area contributed by atoms with Crippen molar-refractivity contribution >= 4 is 65.0 Å². The Balaban J connectivity index is 0.000000221. The van der Waals surface area contributed by atoms with E-state index >= 15 is 0 Å². The Bertz CT molecular complexity index is 3630. The Morgan fingerprint density at radius 2 is 0.908 bits per heavy atom. The van der Waals surface area contributed by atoms with E-state index in [0.717, 1.165) is 36.4 Å². The zero-order chi connectivity index (χ0) is 55.2. The van der Waals surface area contributed by atoms with Gasteiger partial charge in [-0.3, -0.25) is 37.8 Å². The maximum atomic E-state index is 14.2. The first-order valence-corrected chi connectivity index (χ1v) is 25.5. The molecule has 4 N–H and O–H groups in total. The molecule has 396 valence electrons. The monoisotopic (exact) mass is 1090 g/mol. The van der Waals surface area contributed by atoms with E-state index in [2.05, 4.69) is 40.0 Å². The predicted octanol–water partition coefficient (Wildman–Crippen LogP) is 5.86. The molecule has 0 saturated heterocycles. The van der Waals surface area contributed by atoms with Gasteiger partial charge in [-0.15, -0.1) is 0 Å². The summed E-state index contributed by atoms with van der Waals surface area (Å²) in [5, 5.41) is 5.60. The van der Waals surface area contributed by atoms with Crippen molar-refractivity contribution in [1.29, 1.82) is 0 Å². The molecule has 20 nitrogen and oxygen atoms in total. The van der Waals surface area contributed by atoms with Crippen LogP contribution in [0.3, 0.4) is 0 Å². The van der Waals surface area contributed by atoms with Crippen LogP contribution in [0.25, 0.3) is 44.1 Å². The number of halogens is 4. The molecule has 0 unspecified atom stereocenters. The molecule has 76 heavy (non-hydrogen) atoms. The first-order valence-electron chi connectivity index (χ1n) is 22.5. The quantitative estimate of drug-likeness (QED) is 0.0827. The van der Waals surface area contributed by atoms with E-state index in [1.165, 1.54) is 74.6 Å². The minimum atomic E-state index is -4.69. The third kappa shape index (κ3) is 11.8. The SMILES string of the molecule is CNC(=O)[C@@H](C)Cn1cnc2ccc(-c3cnc(OC)c(NS(=O)(=O)c4c(F)cccc4F)c3)cc2c1=O.CNC(=O)[C@H](C)Cn1cnc2ccc(-c3cnc(OC)c(NS(=O)(=O)c4c(F)cccc4F)c3)cc2c1=O. The first-order chi connectivity index (χ1) is 36.1. The molecule has 4 aromatic carbocycles. The van der Waals surface area contributed by atoms with E-state index in [9.17, 15) is 53.6 Å². The topological polar surface area (TPSA) is 265 Å². The second kappa shape index (κ2) is 22.8. The summed E-state index contributed by atoms with van der Waals surface area (Å²) >= 11 is 0. The summed E-state index contributed by atoms with van der Waals surface area (Å²) in [4.78, 5) is 64.5. The van der Waals surface area contributed by atoms with E-state index in [1.807, 2.05) is 0 Å². The van der Waals surface area contributed by atoms with E-state index < -0.39 is 64.9 Å². The molecule has 0 aliphatic heterocycles. The number of amides is 2. The summed E-state index contributed by atoms with van der Waals surface area (Å²) in [6.07, 6.45) is 5.52. The fraction of sp³-hybridized carbons (Fsp3) is 0.200. The molecule has 0 aliphatic carbocycles. The molecule has 2 amide bonds. The number of aromatic nitrogens is 6. The number of sulfonamides is 2. The minimum absolute atomic E-state index is 0.119. The largest absolute Gasteiger partial charge is 0.480 e. The molecular weight excluding hydrogens is 1040 g/mol. The van der Waals surface area contributed by atoms with Gasteiger partial charge in [-0.1, -0.05) is 38.1 Å². The van der Waals surface area contributed by atoms with Crippen LogP contribution < -0.4 is 40.7 Å². The number of carbonyl (C=O) groups excluding carboxylic acids is 2. The van der Waals surface area contributed by atoms with Gasteiger partial charge in [0.1, 0.15) is 34.6 Å². The lowest BCUT2D eigenvalue weighted by Gasteiger charge is -2.14. The number of nitrogens with zero attached hydrogens (tertiary/aromatic N) is 6. The number of fused-ring (bicyclic) bond motifs is 2. The minimum Gasteiger partial charge on any atom is -0.480 e. The molecule has 8 aromatic rings. The molecule has 2 atom stereocenters. The highest BCUT2D eigenvalue weighted by Gasteiger charge is 2.28. The van der Waals surface area contributed by atoms with E-state index in [0.29, 0.717) is 33.3 Å². The number of carbonyl (C=O) groups is 2. The Hall–Kier alpha value is -8.78. The van der Waals surface area contributed by atoms with Crippen LogP contribution in [-0.4, -0.2) is 86.0 Å². The van der Waals surface area contributed by atoms with Crippen molar-refractivity contribution in [2.24, 2.45) is 11.8 Å². The third-order valence-electron chi connectivity index (χ3n) is 11.6. The number of anilines is 2. The summed E-state index contributed by atoms with van der Waals surface area (Å²) in [5.41, 5.74) is 1.49. The van der Waals surface area contributed by atoms with Gasteiger partial charge in [-0.05, 0) is 71.8 Å². The molecule has 0 bridgehead atoms. The maximum absolute atomic E-state index is 14.2. The number of rotatable bonds is 16. The van der Waals surface area contributed by atoms with Gasteiger partial charge in [-0.25, -0.2) is 54.3 Å². The molecule has 0 saturated carbocycles. The Morgan fingerprint density at radius 1 is 0.553 bits per heavy atom. The summed E-state index contributed by atoms with van der Waals surface area (Å²) in [5.74, 6) is -6.70. The van der Waals surface area contributed by atoms with Crippen molar-refractivity contribution in [3.8, 4) is 34.0 Å². The lowest BCUT2D eigenvalue weighted by molar-refractivity contribution is -0.125. The molecule has 0 radical (unpaired) electrons. The van der Waals surface area contributed by atoms with Gasteiger partial charge in [0, 0.05) is 50.7 Å². The van der Waals surface area contributed by atoms with Gasteiger partial charge < -0.3 is 20.1 Å². The summed E-state index contributed by atoms with van der Waals surface area (Å²) < 4.78 is 125. The number of ether oxygens (including phenoxy) is 2. The Morgan fingerprint density at radius 3 is 1.24 bits per heavy atom. The van der Waals surface area contributed by atoms with Crippen LogP contribution in [0.1, 0.15) is 13.8 Å². The van der Waals surface area contributed by atoms with Gasteiger partial charge >= 0.3 is 0 Å². The van der Waals surface area contributed by atoms with Crippen LogP contribution >= 0.6 is 0 Å². The summed E-state index contributed by atoms with van der Waals surface area (Å²) in [7, 11) is -3.84. The number of hydrogen-bond donors (Lipinski definition) is 4. The van der Waals surface area contributed by atoms with Crippen LogP contribution in [0.5, 0.6) is 11.8 Å². The second-order valence-corrected chi connectivity index (χ2v) is 20.0. The standard InChI is InChI=1S/2C25H23F2N5O5S/c2*1-14(23(33)28-2)12-32-13-30-20-8-7-15(9-17(20)25(32)34)16-10-21(24(37-3)29-11-16)31-38(35,36)22-18(26)5-4-6-19(22)27/h2*4-11,13-14,31H,12H2,1-3H3,(H,28,33)/t2*14-/m10/s1. The van der Waals surface area contributed by atoms with Gasteiger partial charge in [0.2, 0.25) is 23.6 Å². The van der Waals surface area contributed by atoms with Crippen molar-refractivity contribution in [3.63, 3.8) is 0 Å². The lowest BCUT2D eigenvalue weighted by Crippen LogP contribution is -2.32. The van der Waals surface area contributed by atoms with E-state index in [4.69, 9.17) is 9.47 Å². The molecule has 26 heteroatoms. The average Bonchev–Trinajstić information content (AvgIpc) is 3.39. The average molecular weight is 1090 g/mol. The third-order valence-corrected chi connectivity index (χ3v) is 14.4. The number of benzene rings is 4. The van der Waals surface area contributed by atoms with Crippen LogP contribution in [0.4, 0.5) is 28.9 Å². The van der Waals surface area contributed by atoms with Crippen molar-refractivity contribution < 1.29 is 53.5 Å². The van der Waals surface area contributed by atoms with Crippen molar-refractivity contribution in [1.82, 2.24) is 39.7 Å². The highest BCUT2D eigenvalue weighted by molar-refractivity contribution is 7.93. The molecule has 8 rings (SSSR count). The molecule has 0 fully saturated rings. The normalized spacial score (nSPS) is 12.2. The first kappa shape index (κ1) is 55.0. The highest BCUT2D eigenvalue weighted by Crippen LogP contribution is 2.34. The molecule has 4 aromatic heterocycles. The maximum Gasteiger partial charge on any atom is 0.267 e. The smallest absolute Gasteiger partial charge is 0.267 e. The van der Waals surface area contributed by atoms with Gasteiger partial charge in [-0.2, -0.15) is 0 Å². The number of nitrogens with one attached hydrogen (secondary N) is 4. The lowest BCUT2D eigenvalue weighted by atomic mass is 10.0. The molecule has 0 aliphatic rings. The zero-order valence-corrected chi connectivity index (χ0v) is 42.7. The van der Waals surface area contributed by atoms with Gasteiger partial charge in [0.15, 0.2) is 9.79 Å². The van der Waals surface area contributed by atoms with Crippen LogP contribution in [0, 0.1) is 35.1 Å². The van der Waals surface area contributed by atoms with Crippen molar-refractivity contribution in [2.45, 2.75) is 36.7 Å². The highest BCUT2D eigenvalue weighted by atomic mass is 32.2. The van der Waals surface area contributed by atoms with Crippen molar-refractivity contribution in [2.75, 3.05) is 37.8 Å². The van der Waals surface area contributed by atoms with Gasteiger partial charge in [0.05, 0.1) is 60.5 Å². The number of methoxy groups -OCH3 is 2. The molecule has 4 heterocycles. The van der Waals surface area contributed by atoms with E-state index in [1.54, 1.807) is 50.2 Å². The Labute approximate surface area is 430 Å². The van der Waals surface area contributed by atoms with Crippen LogP contribution in [0.2, 0.25) is 0 Å². The van der Waals surface area contributed by atoms with E-state index in [-0.39, 0.29) is 69.9 Å². The van der Waals surface area contributed by atoms with Crippen LogP contribution in [0.15, 0.2) is 129 Å². The molecular formula is C50H46F4N10O10S2. The summed E-state index contributed by atoms with van der Waals surface area (Å²) in [6, 6.07) is 17.8. The Kier molecular flexibility index (Phi) is 16.5. The number of hydrogen-bond acceptors (Lipinski definition) is 14. The number of pyridine rings is 2. The molecule has 0 spiro atoms. The van der Waals surface area contributed by atoms with Gasteiger partial charge in [0.25, 0.3) is 31.2 Å². The summed E-state index contributed by atoms with van der Waals surface area (Å²) in [6.45, 7) is 3.61. The predicted molar refractivity (Wildman–Crippen MR) is 272 cm³/mol. The fourth-order valence-corrected chi connectivity index (χ4v) is 10.1. The fourth-order valence-electron chi connectivity index (χ4n) is 7.75.